The number of anilines is 2. The third-order valence-corrected chi connectivity index (χ3v) is 3.24. The van der Waals surface area contributed by atoms with Crippen molar-refractivity contribution in [2.45, 2.75) is 0 Å². The van der Waals surface area contributed by atoms with E-state index in [2.05, 4.69) is 15.3 Å². The minimum absolute atomic E-state index is 0.134. The van der Waals surface area contributed by atoms with Crippen LogP contribution >= 0.6 is 11.6 Å². The Kier molecular flexibility index (Phi) is 3.41. The highest BCUT2D eigenvalue weighted by atomic mass is 35.5. The smallest absolute Gasteiger partial charge is 0.335 e. The number of halogens is 1. The molecule has 1 heterocycles. The maximum atomic E-state index is 10.9. The molecule has 2 aromatic carbocycles. The van der Waals surface area contributed by atoms with Crippen LogP contribution in [0.3, 0.4) is 0 Å². The van der Waals surface area contributed by atoms with Crippen molar-refractivity contribution in [1.82, 2.24) is 9.97 Å². The third-order valence-electron chi connectivity index (χ3n) is 2.93. The Morgan fingerprint density at radius 2 is 1.90 bits per heavy atom. The molecule has 21 heavy (non-hydrogen) atoms. The molecule has 0 unspecified atom stereocenters. The zero-order chi connectivity index (χ0) is 14.8. The molecule has 104 valence electrons. The van der Waals surface area contributed by atoms with E-state index in [1.54, 1.807) is 12.3 Å². The fourth-order valence-corrected chi connectivity index (χ4v) is 2.13. The Morgan fingerprint density at radius 1 is 1.14 bits per heavy atom. The van der Waals surface area contributed by atoms with Crippen LogP contribution in [-0.4, -0.2) is 21.0 Å². The number of nitrogens with one attached hydrogen (secondary N) is 1. The molecule has 0 atom stereocenters. The summed E-state index contributed by atoms with van der Waals surface area (Å²) < 4.78 is 0. The normalized spacial score (nSPS) is 10.5. The topological polar surface area (TPSA) is 75.1 Å². The number of carbonyl (C=O) groups is 1. The highest BCUT2D eigenvalue weighted by Crippen LogP contribution is 2.26. The van der Waals surface area contributed by atoms with Crippen molar-refractivity contribution in [3.8, 4) is 0 Å². The molecule has 0 spiro atoms. The number of para-hydroxylation sites is 2. The Balaban J connectivity index is 1.93. The lowest BCUT2D eigenvalue weighted by Gasteiger charge is -2.08. The number of aromatic nitrogens is 2. The molecule has 0 aliphatic rings. The van der Waals surface area contributed by atoms with Gasteiger partial charge in [-0.2, -0.15) is 0 Å². The Morgan fingerprint density at radius 3 is 2.62 bits per heavy atom. The molecule has 5 nitrogen and oxygen atoms in total. The first-order chi connectivity index (χ1) is 10.1. The molecule has 0 radical (unpaired) electrons. The molecule has 0 saturated carbocycles. The van der Waals surface area contributed by atoms with E-state index in [1.807, 2.05) is 24.3 Å². The summed E-state index contributed by atoms with van der Waals surface area (Å²) >= 11 is 6.07. The summed E-state index contributed by atoms with van der Waals surface area (Å²) in [5.74, 6) is -0.479. The lowest BCUT2D eigenvalue weighted by Crippen LogP contribution is -1.99. The van der Waals surface area contributed by atoms with Gasteiger partial charge in [-0.3, -0.25) is 4.98 Å². The fourth-order valence-electron chi connectivity index (χ4n) is 1.90. The summed E-state index contributed by atoms with van der Waals surface area (Å²) in [5, 5.41) is 12.2. The van der Waals surface area contributed by atoms with Gasteiger partial charge in [0.25, 0.3) is 0 Å². The van der Waals surface area contributed by atoms with E-state index in [-0.39, 0.29) is 5.56 Å². The van der Waals surface area contributed by atoms with Crippen LogP contribution in [0.15, 0.2) is 48.7 Å². The number of hydrogen-bond acceptors (Lipinski definition) is 4. The van der Waals surface area contributed by atoms with Crippen LogP contribution in [0.2, 0.25) is 5.02 Å². The van der Waals surface area contributed by atoms with Gasteiger partial charge in [-0.05, 0) is 30.3 Å². The molecule has 0 amide bonds. The van der Waals surface area contributed by atoms with Crippen LogP contribution in [0.25, 0.3) is 11.0 Å². The van der Waals surface area contributed by atoms with Crippen LogP contribution in [0.5, 0.6) is 0 Å². The first kappa shape index (κ1) is 13.3. The number of hydrogen-bond donors (Lipinski definition) is 2. The summed E-state index contributed by atoms with van der Waals surface area (Å²) in [5.41, 5.74) is 2.28. The summed E-state index contributed by atoms with van der Waals surface area (Å²) in [6, 6.07) is 12.0. The fraction of sp³-hybridized carbons (Fsp3) is 0. The van der Waals surface area contributed by atoms with Crippen LogP contribution in [0, 0.1) is 0 Å². The average Bonchev–Trinajstić information content (AvgIpc) is 2.49. The van der Waals surface area contributed by atoms with Gasteiger partial charge in [-0.15, -0.1) is 0 Å². The largest absolute Gasteiger partial charge is 0.478 e. The molecule has 0 saturated heterocycles. The van der Waals surface area contributed by atoms with E-state index in [9.17, 15) is 4.79 Å². The zero-order valence-electron chi connectivity index (χ0n) is 10.7. The number of nitrogens with zero attached hydrogens (tertiary/aromatic N) is 2. The Labute approximate surface area is 125 Å². The maximum Gasteiger partial charge on any atom is 0.335 e. The first-order valence-electron chi connectivity index (χ1n) is 6.15. The average molecular weight is 300 g/mol. The summed E-state index contributed by atoms with van der Waals surface area (Å²) in [4.78, 5) is 19.6. The molecular formula is C15H10ClN3O2. The van der Waals surface area contributed by atoms with Crippen molar-refractivity contribution in [3.05, 3.63) is 59.2 Å². The van der Waals surface area contributed by atoms with Gasteiger partial charge in [0.15, 0.2) is 0 Å². The van der Waals surface area contributed by atoms with Crippen molar-refractivity contribution < 1.29 is 9.90 Å². The van der Waals surface area contributed by atoms with Gasteiger partial charge in [-0.1, -0.05) is 23.7 Å². The lowest BCUT2D eigenvalue weighted by atomic mass is 10.2. The second-order valence-electron chi connectivity index (χ2n) is 4.37. The summed E-state index contributed by atoms with van der Waals surface area (Å²) in [6.07, 6.45) is 1.60. The molecule has 1 aromatic heterocycles. The minimum Gasteiger partial charge on any atom is -0.478 e. The Hall–Kier alpha value is -2.66. The van der Waals surface area contributed by atoms with Gasteiger partial charge in [0.05, 0.1) is 33.5 Å². The van der Waals surface area contributed by atoms with Crippen LogP contribution in [-0.2, 0) is 0 Å². The van der Waals surface area contributed by atoms with Crippen LogP contribution in [0.1, 0.15) is 10.4 Å². The minimum atomic E-state index is -1.02. The first-order valence-corrected chi connectivity index (χ1v) is 6.53. The zero-order valence-corrected chi connectivity index (χ0v) is 11.5. The van der Waals surface area contributed by atoms with Crippen molar-refractivity contribution in [2.24, 2.45) is 0 Å². The molecule has 2 N–H and O–H groups in total. The monoisotopic (exact) mass is 299 g/mol. The number of rotatable bonds is 3. The van der Waals surface area contributed by atoms with Gasteiger partial charge in [-0.25, -0.2) is 9.78 Å². The second-order valence-corrected chi connectivity index (χ2v) is 4.78. The van der Waals surface area contributed by atoms with Crippen molar-refractivity contribution in [3.63, 3.8) is 0 Å². The SMILES string of the molecule is O=C(O)c1ccc(Nc2cnc3ccccc3n2)c(Cl)c1. The van der Waals surface area contributed by atoms with Gasteiger partial charge in [0.2, 0.25) is 0 Å². The van der Waals surface area contributed by atoms with E-state index in [0.717, 1.165) is 11.0 Å². The van der Waals surface area contributed by atoms with Gasteiger partial charge in [0, 0.05) is 0 Å². The van der Waals surface area contributed by atoms with E-state index in [0.29, 0.717) is 16.5 Å². The molecule has 0 fully saturated rings. The number of carboxylic acids is 1. The highest BCUT2D eigenvalue weighted by molar-refractivity contribution is 6.33. The molecule has 3 aromatic rings. The van der Waals surface area contributed by atoms with Crippen LogP contribution < -0.4 is 5.32 Å². The van der Waals surface area contributed by atoms with E-state index >= 15 is 0 Å². The molecular weight excluding hydrogens is 290 g/mol. The lowest BCUT2D eigenvalue weighted by molar-refractivity contribution is 0.0697. The van der Waals surface area contributed by atoms with Crippen molar-refractivity contribution >= 4 is 40.1 Å². The Bertz CT molecular complexity index is 836. The summed E-state index contributed by atoms with van der Waals surface area (Å²) in [7, 11) is 0. The van der Waals surface area contributed by atoms with Gasteiger partial charge >= 0.3 is 5.97 Å². The van der Waals surface area contributed by atoms with E-state index < -0.39 is 5.97 Å². The molecule has 6 heteroatoms. The van der Waals surface area contributed by atoms with Crippen molar-refractivity contribution in [2.75, 3.05) is 5.32 Å². The molecule has 0 aliphatic carbocycles. The number of benzene rings is 2. The molecule has 3 rings (SSSR count). The molecule has 0 aliphatic heterocycles. The number of aromatic carboxylic acids is 1. The third kappa shape index (κ3) is 2.78. The predicted octanol–water partition coefficient (Wildman–Crippen LogP) is 3.73. The van der Waals surface area contributed by atoms with E-state index in [1.165, 1.54) is 12.1 Å². The highest BCUT2D eigenvalue weighted by Gasteiger charge is 2.08. The standard InChI is InChI=1S/C15H10ClN3O2/c16-10-7-9(15(20)21)5-6-11(10)18-14-8-17-12-3-1-2-4-13(12)19-14/h1-8H,(H,18,19)(H,20,21). The van der Waals surface area contributed by atoms with E-state index in [4.69, 9.17) is 16.7 Å². The van der Waals surface area contributed by atoms with Gasteiger partial charge < -0.3 is 10.4 Å². The number of fused-ring (bicyclic) bond motifs is 1. The predicted molar refractivity (Wildman–Crippen MR) is 81.2 cm³/mol. The second kappa shape index (κ2) is 5.38. The summed E-state index contributed by atoms with van der Waals surface area (Å²) in [6.45, 7) is 0. The quantitative estimate of drug-likeness (QED) is 0.771. The molecule has 0 bridgehead atoms. The van der Waals surface area contributed by atoms with Gasteiger partial charge in [0.1, 0.15) is 5.82 Å². The van der Waals surface area contributed by atoms with Crippen LogP contribution in [0.4, 0.5) is 11.5 Å². The number of carboxylic acid groups (broad SMARTS) is 1. The maximum absolute atomic E-state index is 10.9. The van der Waals surface area contributed by atoms with Crippen molar-refractivity contribution in [1.29, 1.82) is 0 Å².